The number of carbonyl (C=O) groups excluding carboxylic acids is 1. The van der Waals surface area contributed by atoms with Crippen molar-refractivity contribution in [3.05, 3.63) is 29.8 Å². The molecular weight excluding hydrogens is 242 g/mol. The van der Waals surface area contributed by atoms with Gasteiger partial charge < -0.3 is 14.8 Å². The van der Waals surface area contributed by atoms with Crippen molar-refractivity contribution in [2.45, 2.75) is 19.3 Å². The van der Waals surface area contributed by atoms with Crippen LogP contribution in [0.1, 0.15) is 29.6 Å². The van der Waals surface area contributed by atoms with Crippen molar-refractivity contribution in [1.29, 1.82) is 0 Å². The summed E-state index contributed by atoms with van der Waals surface area (Å²) in [6.45, 7) is 2.92. The fourth-order valence-corrected chi connectivity index (χ4v) is 2.34. The number of hydrogen-bond donors (Lipinski definition) is 1. The van der Waals surface area contributed by atoms with Crippen LogP contribution in [0.25, 0.3) is 0 Å². The van der Waals surface area contributed by atoms with Gasteiger partial charge in [0.1, 0.15) is 5.75 Å². The summed E-state index contributed by atoms with van der Waals surface area (Å²) in [6.07, 6.45) is 3.58. The van der Waals surface area contributed by atoms with Crippen LogP contribution in [0.4, 0.5) is 0 Å². The third-order valence-electron chi connectivity index (χ3n) is 3.45. The average Bonchev–Trinajstić information content (AvgIpc) is 2.48. The molecule has 1 aliphatic rings. The van der Waals surface area contributed by atoms with Crippen molar-refractivity contribution in [2.24, 2.45) is 5.92 Å². The topological polar surface area (TPSA) is 47.6 Å². The van der Waals surface area contributed by atoms with Crippen LogP contribution in [-0.4, -0.2) is 32.8 Å². The van der Waals surface area contributed by atoms with Crippen molar-refractivity contribution >= 4 is 5.97 Å². The Morgan fingerprint density at radius 2 is 2.37 bits per heavy atom. The molecule has 0 saturated carbocycles. The van der Waals surface area contributed by atoms with Crippen molar-refractivity contribution in [3.8, 4) is 5.75 Å². The molecule has 19 heavy (non-hydrogen) atoms. The van der Waals surface area contributed by atoms with E-state index in [9.17, 15) is 4.79 Å². The number of rotatable bonds is 5. The van der Waals surface area contributed by atoms with E-state index in [4.69, 9.17) is 4.74 Å². The molecule has 1 aromatic carbocycles. The van der Waals surface area contributed by atoms with Gasteiger partial charge in [0.05, 0.1) is 19.3 Å². The predicted octanol–water partition coefficient (Wildman–Crippen LogP) is 2.24. The summed E-state index contributed by atoms with van der Waals surface area (Å²) >= 11 is 0. The van der Waals surface area contributed by atoms with Crippen LogP contribution in [-0.2, 0) is 4.74 Å². The highest BCUT2D eigenvalue weighted by molar-refractivity contribution is 5.89. The molecule has 104 valence electrons. The monoisotopic (exact) mass is 263 g/mol. The van der Waals surface area contributed by atoms with Gasteiger partial charge in [-0.05, 0) is 56.5 Å². The number of nitrogens with one attached hydrogen (secondary N) is 1. The van der Waals surface area contributed by atoms with Gasteiger partial charge in [-0.25, -0.2) is 4.79 Å². The zero-order valence-corrected chi connectivity index (χ0v) is 11.4. The van der Waals surface area contributed by atoms with E-state index < -0.39 is 0 Å². The smallest absolute Gasteiger partial charge is 0.337 e. The van der Waals surface area contributed by atoms with E-state index in [1.54, 1.807) is 12.1 Å². The molecule has 0 amide bonds. The van der Waals surface area contributed by atoms with Crippen LogP contribution in [0.2, 0.25) is 0 Å². The number of esters is 1. The van der Waals surface area contributed by atoms with Gasteiger partial charge in [-0.2, -0.15) is 0 Å². The quantitative estimate of drug-likeness (QED) is 0.828. The van der Waals surface area contributed by atoms with Crippen molar-refractivity contribution in [3.63, 3.8) is 0 Å². The average molecular weight is 263 g/mol. The maximum absolute atomic E-state index is 11.4. The van der Waals surface area contributed by atoms with Crippen molar-refractivity contribution < 1.29 is 14.3 Å². The third-order valence-corrected chi connectivity index (χ3v) is 3.45. The number of hydrogen-bond acceptors (Lipinski definition) is 4. The molecule has 1 unspecified atom stereocenters. The van der Waals surface area contributed by atoms with Gasteiger partial charge in [-0.1, -0.05) is 6.07 Å². The van der Waals surface area contributed by atoms with Crippen LogP contribution in [0, 0.1) is 5.92 Å². The fourth-order valence-electron chi connectivity index (χ4n) is 2.34. The van der Waals surface area contributed by atoms with E-state index in [2.05, 4.69) is 10.1 Å². The summed E-state index contributed by atoms with van der Waals surface area (Å²) in [7, 11) is 1.38. The molecule has 1 saturated heterocycles. The van der Waals surface area contributed by atoms with Gasteiger partial charge in [0, 0.05) is 0 Å². The Bertz CT molecular complexity index is 414. The molecule has 0 aromatic heterocycles. The second-order valence-electron chi connectivity index (χ2n) is 4.87. The SMILES string of the molecule is COC(=O)c1cccc(OCCC2CCCNC2)c1. The first kappa shape index (κ1) is 13.9. The molecule has 0 radical (unpaired) electrons. The second-order valence-corrected chi connectivity index (χ2v) is 4.87. The van der Waals surface area contributed by atoms with Gasteiger partial charge >= 0.3 is 5.97 Å². The molecule has 2 rings (SSSR count). The summed E-state index contributed by atoms with van der Waals surface area (Å²) in [6, 6.07) is 7.13. The zero-order valence-electron chi connectivity index (χ0n) is 11.4. The van der Waals surface area contributed by atoms with Gasteiger partial charge in [-0.3, -0.25) is 0 Å². The number of ether oxygens (including phenoxy) is 2. The lowest BCUT2D eigenvalue weighted by atomic mass is 9.97. The Morgan fingerprint density at radius 1 is 1.47 bits per heavy atom. The molecule has 1 aliphatic heterocycles. The Balaban J connectivity index is 1.80. The van der Waals surface area contributed by atoms with Crippen LogP contribution in [0.5, 0.6) is 5.75 Å². The molecular formula is C15H21NO3. The minimum atomic E-state index is -0.332. The highest BCUT2D eigenvalue weighted by atomic mass is 16.5. The fraction of sp³-hybridized carbons (Fsp3) is 0.533. The van der Waals surface area contributed by atoms with Crippen LogP contribution >= 0.6 is 0 Å². The predicted molar refractivity (Wildman–Crippen MR) is 73.5 cm³/mol. The largest absolute Gasteiger partial charge is 0.494 e. The zero-order chi connectivity index (χ0) is 13.5. The number of piperidine rings is 1. The molecule has 0 aliphatic carbocycles. The Kier molecular flexibility index (Phi) is 5.21. The van der Waals surface area contributed by atoms with E-state index in [1.807, 2.05) is 12.1 Å². The molecule has 1 atom stereocenters. The summed E-state index contributed by atoms with van der Waals surface area (Å²) in [5.74, 6) is 1.10. The first-order chi connectivity index (χ1) is 9.29. The third kappa shape index (κ3) is 4.24. The minimum absolute atomic E-state index is 0.332. The maximum atomic E-state index is 11.4. The van der Waals surface area contributed by atoms with E-state index >= 15 is 0 Å². The number of benzene rings is 1. The lowest BCUT2D eigenvalue weighted by Crippen LogP contribution is -2.30. The summed E-state index contributed by atoms with van der Waals surface area (Å²) < 4.78 is 10.4. The van der Waals surface area contributed by atoms with Crippen LogP contribution in [0.3, 0.4) is 0 Å². The molecule has 4 heteroatoms. The highest BCUT2D eigenvalue weighted by Crippen LogP contribution is 2.17. The molecule has 1 heterocycles. The van der Waals surface area contributed by atoms with E-state index in [0.29, 0.717) is 18.1 Å². The van der Waals surface area contributed by atoms with Gasteiger partial charge in [0.2, 0.25) is 0 Å². The number of methoxy groups -OCH3 is 1. The van der Waals surface area contributed by atoms with Crippen LogP contribution < -0.4 is 10.1 Å². The molecule has 4 nitrogen and oxygen atoms in total. The molecule has 1 N–H and O–H groups in total. The van der Waals surface area contributed by atoms with E-state index in [-0.39, 0.29) is 5.97 Å². The maximum Gasteiger partial charge on any atom is 0.337 e. The van der Waals surface area contributed by atoms with E-state index in [0.717, 1.165) is 25.3 Å². The molecule has 0 bridgehead atoms. The Morgan fingerprint density at radius 3 is 3.11 bits per heavy atom. The Labute approximate surface area is 114 Å². The van der Waals surface area contributed by atoms with E-state index in [1.165, 1.54) is 20.0 Å². The van der Waals surface area contributed by atoms with Gasteiger partial charge in [-0.15, -0.1) is 0 Å². The summed E-state index contributed by atoms with van der Waals surface area (Å²) in [4.78, 5) is 11.4. The first-order valence-electron chi connectivity index (χ1n) is 6.81. The summed E-state index contributed by atoms with van der Waals surface area (Å²) in [5, 5.41) is 3.40. The number of carbonyl (C=O) groups is 1. The molecule has 1 fully saturated rings. The van der Waals surface area contributed by atoms with Gasteiger partial charge in [0.15, 0.2) is 0 Å². The highest BCUT2D eigenvalue weighted by Gasteiger charge is 2.13. The lowest BCUT2D eigenvalue weighted by Gasteiger charge is -2.22. The summed E-state index contributed by atoms with van der Waals surface area (Å²) in [5.41, 5.74) is 0.527. The minimum Gasteiger partial charge on any atom is -0.494 e. The standard InChI is InChI=1S/C15H21NO3/c1-18-15(17)13-5-2-6-14(10-13)19-9-7-12-4-3-8-16-11-12/h2,5-6,10,12,16H,3-4,7-9,11H2,1H3. The Hall–Kier alpha value is -1.55. The molecule has 1 aromatic rings. The normalized spacial score (nSPS) is 18.9. The van der Waals surface area contributed by atoms with Crippen LogP contribution in [0.15, 0.2) is 24.3 Å². The second kappa shape index (κ2) is 7.14. The van der Waals surface area contributed by atoms with Crippen molar-refractivity contribution in [1.82, 2.24) is 5.32 Å². The van der Waals surface area contributed by atoms with Gasteiger partial charge in [0.25, 0.3) is 0 Å². The first-order valence-corrected chi connectivity index (χ1v) is 6.81. The molecule has 0 spiro atoms. The van der Waals surface area contributed by atoms with Crippen molar-refractivity contribution in [2.75, 3.05) is 26.8 Å². The lowest BCUT2D eigenvalue weighted by molar-refractivity contribution is 0.0600.